The Hall–Kier alpha value is -1.63. The summed E-state index contributed by atoms with van der Waals surface area (Å²) in [5, 5.41) is 1.72. The molecule has 1 amide bonds. The predicted octanol–water partition coefficient (Wildman–Crippen LogP) is 1.92. The highest BCUT2D eigenvalue weighted by atomic mass is 19.2. The molecule has 0 spiro atoms. The smallest absolute Gasteiger partial charge is 0.241 e. The van der Waals surface area contributed by atoms with Crippen LogP contribution in [0.5, 0.6) is 0 Å². The van der Waals surface area contributed by atoms with E-state index in [2.05, 4.69) is 0 Å². The molecule has 0 aromatic heterocycles. The monoisotopic (exact) mass is 250 g/mol. The highest BCUT2D eigenvalue weighted by Crippen LogP contribution is 2.24. The van der Waals surface area contributed by atoms with E-state index in [1.54, 1.807) is 12.2 Å². The molecule has 0 fully saturated rings. The maximum atomic E-state index is 13.1. The molecule has 0 bridgehead atoms. The molecule has 1 aromatic rings. The molecule has 7 heteroatoms. The summed E-state index contributed by atoms with van der Waals surface area (Å²) in [6, 6.07) is -0.958. The molecule has 3 nitrogen and oxygen atoms in total. The largest absolute Gasteiger partial charge is 0.320 e. The van der Waals surface area contributed by atoms with Crippen LogP contribution in [0.2, 0.25) is 0 Å². The summed E-state index contributed by atoms with van der Waals surface area (Å²) >= 11 is 0. The van der Waals surface area contributed by atoms with Gasteiger partial charge in [-0.1, -0.05) is 6.92 Å². The first-order valence-electron chi connectivity index (χ1n) is 4.77. The molecule has 0 unspecified atom stereocenters. The van der Waals surface area contributed by atoms with E-state index >= 15 is 0 Å². The predicted molar refractivity (Wildman–Crippen MR) is 53.2 cm³/mol. The van der Waals surface area contributed by atoms with Gasteiger partial charge >= 0.3 is 0 Å². The van der Waals surface area contributed by atoms with Gasteiger partial charge in [0, 0.05) is 6.07 Å². The molecule has 0 aliphatic carbocycles. The van der Waals surface area contributed by atoms with Crippen molar-refractivity contribution in [3.05, 3.63) is 29.3 Å². The van der Waals surface area contributed by atoms with Gasteiger partial charge in [-0.25, -0.2) is 17.6 Å². The molecule has 17 heavy (non-hydrogen) atoms. The Balaban J connectivity index is 3.10. The SMILES string of the molecule is CC[C@H](N)C(=O)Nc1c(F)c(F)cc(F)c1F. The molecule has 0 aliphatic heterocycles. The van der Waals surface area contributed by atoms with Gasteiger partial charge in [0.2, 0.25) is 5.91 Å². The average molecular weight is 250 g/mol. The summed E-state index contributed by atoms with van der Waals surface area (Å²) in [7, 11) is 0. The second-order valence-corrected chi connectivity index (χ2v) is 3.35. The number of hydrogen-bond acceptors (Lipinski definition) is 2. The highest BCUT2D eigenvalue weighted by molar-refractivity contribution is 5.94. The van der Waals surface area contributed by atoms with Crippen LogP contribution >= 0.6 is 0 Å². The van der Waals surface area contributed by atoms with Gasteiger partial charge in [-0.3, -0.25) is 4.79 Å². The summed E-state index contributed by atoms with van der Waals surface area (Å²) in [5.41, 5.74) is 4.13. The first-order valence-corrected chi connectivity index (χ1v) is 4.77. The molecular weight excluding hydrogens is 240 g/mol. The molecule has 1 rings (SSSR count). The van der Waals surface area contributed by atoms with E-state index < -0.39 is 40.9 Å². The van der Waals surface area contributed by atoms with Gasteiger partial charge in [0.05, 0.1) is 6.04 Å². The van der Waals surface area contributed by atoms with Crippen LogP contribution in [0.1, 0.15) is 13.3 Å². The van der Waals surface area contributed by atoms with Crippen LogP contribution in [0.3, 0.4) is 0 Å². The van der Waals surface area contributed by atoms with Gasteiger partial charge < -0.3 is 11.1 Å². The van der Waals surface area contributed by atoms with Crippen LogP contribution in [0.4, 0.5) is 23.2 Å². The van der Waals surface area contributed by atoms with Crippen LogP contribution in [0.15, 0.2) is 6.07 Å². The summed E-state index contributed by atoms with van der Waals surface area (Å²) < 4.78 is 51.8. The highest BCUT2D eigenvalue weighted by Gasteiger charge is 2.22. The van der Waals surface area contributed by atoms with Gasteiger partial charge in [-0.15, -0.1) is 0 Å². The second-order valence-electron chi connectivity index (χ2n) is 3.35. The maximum Gasteiger partial charge on any atom is 0.241 e. The minimum absolute atomic E-state index is 0.0556. The van der Waals surface area contributed by atoms with Gasteiger partial charge in [0.15, 0.2) is 23.3 Å². The number of anilines is 1. The zero-order valence-electron chi connectivity index (χ0n) is 8.86. The number of nitrogens with one attached hydrogen (secondary N) is 1. The van der Waals surface area contributed by atoms with E-state index in [-0.39, 0.29) is 12.5 Å². The second kappa shape index (κ2) is 5.13. The fourth-order valence-electron chi connectivity index (χ4n) is 1.08. The van der Waals surface area contributed by atoms with E-state index in [9.17, 15) is 22.4 Å². The van der Waals surface area contributed by atoms with Crippen LogP contribution in [0.25, 0.3) is 0 Å². The Morgan fingerprint density at radius 1 is 1.29 bits per heavy atom. The van der Waals surface area contributed by atoms with Crippen molar-refractivity contribution in [1.82, 2.24) is 0 Å². The van der Waals surface area contributed by atoms with Gasteiger partial charge in [-0.2, -0.15) is 0 Å². The van der Waals surface area contributed by atoms with Gasteiger partial charge in [0.1, 0.15) is 5.69 Å². The first kappa shape index (κ1) is 13.4. The van der Waals surface area contributed by atoms with E-state index in [4.69, 9.17) is 5.73 Å². The van der Waals surface area contributed by atoms with Gasteiger partial charge in [0.25, 0.3) is 0 Å². The van der Waals surface area contributed by atoms with Crippen LogP contribution in [-0.4, -0.2) is 11.9 Å². The van der Waals surface area contributed by atoms with Crippen molar-refractivity contribution < 1.29 is 22.4 Å². The Morgan fingerprint density at radius 3 is 2.18 bits per heavy atom. The lowest BCUT2D eigenvalue weighted by atomic mass is 10.2. The molecule has 94 valence electrons. The molecule has 1 atom stereocenters. The maximum absolute atomic E-state index is 13.1. The van der Waals surface area contributed by atoms with Crippen LogP contribution in [-0.2, 0) is 4.79 Å². The van der Waals surface area contributed by atoms with Crippen LogP contribution in [0, 0.1) is 23.3 Å². The summed E-state index contributed by atoms with van der Waals surface area (Å²) in [6.07, 6.45) is 0.215. The van der Waals surface area contributed by atoms with Crippen molar-refractivity contribution in [2.45, 2.75) is 19.4 Å². The zero-order valence-corrected chi connectivity index (χ0v) is 8.86. The molecular formula is C10H10F4N2O. The first-order chi connectivity index (χ1) is 7.88. The Labute approximate surface area is 94.6 Å². The van der Waals surface area contributed by atoms with E-state index in [0.29, 0.717) is 0 Å². The molecule has 0 heterocycles. The number of amides is 1. The lowest BCUT2D eigenvalue weighted by Gasteiger charge is -2.12. The third-order valence-corrected chi connectivity index (χ3v) is 2.14. The fraction of sp³-hybridized carbons (Fsp3) is 0.300. The fourth-order valence-corrected chi connectivity index (χ4v) is 1.08. The molecule has 0 aliphatic rings. The summed E-state index contributed by atoms with van der Waals surface area (Å²) in [4.78, 5) is 11.3. The van der Waals surface area contributed by atoms with Crippen molar-refractivity contribution in [2.24, 2.45) is 5.73 Å². The van der Waals surface area contributed by atoms with E-state index in [0.717, 1.165) is 0 Å². The minimum Gasteiger partial charge on any atom is -0.320 e. The third-order valence-electron chi connectivity index (χ3n) is 2.14. The van der Waals surface area contributed by atoms with Crippen molar-refractivity contribution in [3.63, 3.8) is 0 Å². The Bertz CT molecular complexity index is 424. The number of halogens is 4. The molecule has 0 saturated heterocycles. The number of carbonyl (C=O) groups excluding carboxylic acids is 1. The topological polar surface area (TPSA) is 55.1 Å². The third kappa shape index (κ3) is 2.73. The molecule has 1 aromatic carbocycles. The standard InChI is InChI=1S/C10H10F4N2O/c1-2-6(15)10(17)16-9-7(13)4(11)3-5(12)8(9)14/h3,6H,2,15H2,1H3,(H,16,17)/t6-/m0/s1. The van der Waals surface area contributed by atoms with Crippen molar-refractivity contribution >= 4 is 11.6 Å². The number of carbonyl (C=O) groups is 1. The number of nitrogens with two attached hydrogens (primary N) is 1. The molecule has 0 radical (unpaired) electrons. The molecule has 0 saturated carbocycles. The zero-order chi connectivity index (χ0) is 13.2. The van der Waals surface area contributed by atoms with Crippen LogP contribution < -0.4 is 11.1 Å². The van der Waals surface area contributed by atoms with Crippen molar-refractivity contribution in [3.8, 4) is 0 Å². The van der Waals surface area contributed by atoms with Gasteiger partial charge in [-0.05, 0) is 6.42 Å². The Morgan fingerprint density at radius 2 is 1.76 bits per heavy atom. The lowest BCUT2D eigenvalue weighted by molar-refractivity contribution is -0.117. The van der Waals surface area contributed by atoms with Crippen molar-refractivity contribution in [2.75, 3.05) is 5.32 Å². The number of benzene rings is 1. The molecule has 3 N–H and O–H groups in total. The van der Waals surface area contributed by atoms with E-state index in [1.807, 2.05) is 0 Å². The van der Waals surface area contributed by atoms with Crippen molar-refractivity contribution in [1.29, 1.82) is 0 Å². The number of hydrogen-bond donors (Lipinski definition) is 2. The normalized spacial score (nSPS) is 12.4. The quantitative estimate of drug-likeness (QED) is 0.636. The lowest BCUT2D eigenvalue weighted by Crippen LogP contribution is -2.35. The summed E-state index contributed by atoms with van der Waals surface area (Å²) in [5.74, 6) is -7.44. The average Bonchev–Trinajstić information content (AvgIpc) is 2.30. The number of rotatable bonds is 3. The summed E-state index contributed by atoms with van der Waals surface area (Å²) in [6.45, 7) is 1.57. The minimum atomic E-state index is -1.67. The Kier molecular flexibility index (Phi) is 4.06. The van der Waals surface area contributed by atoms with E-state index in [1.165, 1.54) is 0 Å².